The van der Waals surface area contributed by atoms with E-state index in [4.69, 9.17) is 4.74 Å². The van der Waals surface area contributed by atoms with Crippen molar-refractivity contribution >= 4 is 11.6 Å². The summed E-state index contributed by atoms with van der Waals surface area (Å²) in [6.07, 6.45) is 3.70. The first kappa shape index (κ1) is 15.3. The van der Waals surface area contributed by atoms with Crippen LogP contribution in [0.4, 0.5) is 5.69 Å². The lowest BCUT2D eigenvalue weighted by atomic mass is 9.78. The van der Waals surface area contributed by atoms with E-state index in [9.17, 15) is 4.79 Å². The number of ether oxygens (including phenoxy) is 1. The Bertz CT molecular complexity index is 526. The van der Waals surface area contributed by atoms with Gasteiger partial charge in [0.1, 0.15) is 5.75 Å². The van der Waals surface area contributed by atoms with E-state index in [1.807, 2.05) is 24.3 Å². The quantitative estimate of drug-likeness (QED) is 0.889. The topological polar surface area (TPSA) is 53.6 Å². The molecule has 0 aromatic heterocycles. The molecule has 0 radical (unpaired) electrons. The van der Waals surface area contributed by atoms with E-state index in [1.54, 1.807) is 7.11 Å². The predicted molar refractivity (Wildman–Crippen MR) is 87.2 cm³/mol. The average Bonchev–Trinajstić information content (AvgIpc) is 2.90. The van der Waals surface area contributed by atoms with E-state index in [0.29, 0.717) is 12.0 Å². The number of hydrogen-bond acceptors (Lipinski definition) is 4. The molecule has 3 rings (SSSR count). The van der Waals surface area contributed by atoms with Crippen molar-refractivity contribution in [3.8, 4) is 5.75 Å². The number of amides is 1. The molecule has 1 spiro atoms. The van der Waals surface area contributed by atoms with Crippen LogP contribution in [0.15, 0.2) is 24.3 Å². The third-order valence-electron chi connectivity index (χ3n) is 4.90. The molecule has 2 fully saturated rings. The number of nitrogens with zero attached hydrogens (tertiary/aromatic N) is 1. The highest BCUT2D eigenvalue weighted by Crippen LogP contribution is 2.38. The standard InChI is InChI=1S/C17H25N3O2/c1-22-15-4-2-3-14(11-15)19-16(21)12-20-10-7-17(13-20)5-8-18-9-6-17/h2-4,11,18H,5-10,12-13H2,1H3,(H,19,21). The average molecular weight is 303 g/mol. The van der Waals surface area contributed by atoms with Crippen molar-refractivity contribution in [3.63, 3.8) is 0 Å². The summed E-state index contributed by atoms with van der Waals surface area (Å²) < 4.78 is 5.18. The van der Waals surface area contributed by atoms with Crippen LogP contribution in [-0.4, -0.2) is 50.6 Å². The normalized spacial score (nSPS) is 21.0. The van der Waals surface area contributed by atoms with Crippen LogP contribution in [0, 0.1) is 5.41 Å². The van der Waals surface area contributed by atoms with Gasteiger partial charge in [0.25, 0.3) is 0 Å². The van der Waals surface area contributed by atoms with Gasteiger partial charge in [-0.05, 0) is 56.4 Å². The molecule has 0 unspecified atom stereocenters. The van der Waals surface area contributed by atoms with E-state index < -0.39 is 0 Å². The fourth-order valence-electron chi connectivity index (χ4n) is 3.63. The number of anilines is 1. The van der Waals surface area contributed by atoms with Crippen LogP contribution in [0.1, 0.15) is 19.3 Å². The van der Waals surface area contributed by atoms with E-state index in [-0.39, 0.29) is 5.91 Å². The summed E-state index contributed by atoms with van der Waals surface area (Å²) >= 11 is 0. The summed E-state index contributed by atoms with van der Waals surface area (Å²) in [5, 5.41) is 6.39. The molecule has 2 N–H and O–H groups in total. The van der Waals surface area contributed by atoms with Crippen molar-refractivity contribution in [3.05, 3.63) is 24.3 Å². The molecule has 1 amide bonds. The molecule has 2 heterocycles. The molecule has 120 valence electrons. The molecule has 1 aromatic rings. The molecule has 0 bridgehead atoms. The number of piperidine rings is 1. The molecule has 5 heteroatoms. The number of carbonyl (C=O) groups is 1. The van der Waals surface area contributed by atoms with E-state index >= 15 is 0 Å². The van der Waals surface area contributed by atoms with Crippen LogP contribution in [0.5, 0.6) is 5.75 Å². The first-order chi connectivity index (χ1) is 10.7. The zero-order valence-corrected chi connectivity index (χ0v) is 13.2. The Morgan fingerprint density at radius 1 is 1.36 bits per heavy atom. The second kappa shape index (κ2) is 6.67. The molecule has 0 aliphatic carbocycles. The van der Waals surface area contributed by atoms with Crippen molar-refractivity contribution in [2.24, 2.45) is 5.41 Å². The number of hydrogen-bond donors (Lipinski definition) is 2. The first-order valence-corrected chi connectivity index (χ1v) is 8.06. The maximum Gasteiger partial charge on any atom is 0.238 e. The van der Waals surface area contributed by atoms with Gasteiger partial charge in [0.05, 0.1) is 13.7 Å². The fourth-order valence-corrected chi connectivity index (χ4v) is 3.63. The van der Waals surface area contributed by atoms with Gasteiger partial charge in [0, 0.05) is 18.3 Å². The van der Waals surface area contributed by atoms with Gasteiger partial charge in [-0.2, -0.15) is 0 Å². The SMILES string of the molecule is COc1cccc(NC(=O)CN2CCC3(CCNCC3)C2)c1. The largest absolute Gasteiger partial charge is 0.497 e. The predicted octanol–water partition coefficient (Wildman–Crippen LogP) is 1.71. The number of likely N-dealkylation sites (tertiary alicyclic amines) is 1. The van der Waals surface area contributed by atoms with Crippen molar-refractivity contribution in [1.29, 1.82) is 0 Å². The Kier molecular flexibility index (Phi) is 4.64. The molecular weight excluding hydrogens is 278 g/mol. The van der Waals surface area contributed by atoms with E-state index in [0.717, 1.165) is 37.6 Å². The van der Waals surface area contributed by atoms with Crippen molar-refractivity contribution in [2.75, 3.05) is 45.2 Å². The van der Waals surface area contributed by atoms with Crippen LogP contribution in [0.3, 0.4) is 0 Å². The van der Waals surface area contributed by atoms with Gasteiger partial charge in [-0.1, -0.05) is 6.07 Å². The summed E-state index contributed by atoms with van der Waals surface area (Å²) in [5.74, 6) is 0.812. The van der Waals surface area contributed by atoms with Gasteiger partial charge in [0.2, 0.25) is 5.91 Å². The third kappa shape index (κ3) is 3.59. The molecule has 22 heavy (non-hydrogen) atoms. The van der Waals surface area contributed by atoms with Crippen molar-refractivity contribution in [2.45, 2.75) is 19.3 Å². The number of methoxy groups -OCH3 is 1. The lowest BCUT2D eigenvalue weighted by Crippen LogP contribution is -2.40. The van der Waals surface area contributed by atoms with Gasteiger partial charge in [-0.3, -0.25) is 9.69 Å². The maximum atomic E-state index is 12.2. The minimum Gasteiger partial charge on any atom is -0.497 e. The highest BCUT2D eigenvalue weighted by molar-refractivity contribution is 5.92. The van der Waals surface area contributed by atoms with Gasteiger partial charge in [-0.15, -0.1) is 0 Å². The summed E-state index contributed by atoms with van der Waals surface area (Å²) in [4.78, 5) is 14.5. The van der Waals surface area contributed by atoms with Gasteiger partial charge >= 0.3 is 0 Å². The molecule has 1 aromatic carbocycles. The van der Waals surface area contributed by atoms with E-state index in [1.165, 1.54) is 19.3 Å². The molecule has 0 atom stereocenters. The van der Waals surface area contributed by atoms with Gasteiger partial charge in [-0.25, -0.2) is 0 Å². The van der Waals surface area contributed by atoms with Crippen LogP contribution in [0.25, 0.3) is 0 Å². The number of carbonyl (C=O) groups excluding carboxylic acids is 1. The van der Waals surface area contributed by atoms with Crippen molar-refractivity contribution in [1.82, 2.24) is 10.2 Å². The van der Waals surface area contributed by atoms with Crippen molar-refractivity contribution < 1.29 is 9.53 Å². The minimum absolute atomic E-state index is 0.0548. The number of rotatable bonds is 4. The Hall–Kier alpha value is -1.59. The Labute approximate surface area is 132 Å². The van der Waals surface area contributed by atoms with Crippen LogP contribution >= 0.6 is 0 Å². The Balaban J connectivity index is 1.52. The van der Waals surface area contributed by atoms with E-state index in [2.05, 4.69) is 15.5 Å². The third-order valence-corrected chi connectivity index (χ3v) is 4.90. The number of nitrogens with one attached hydrogen (secondary N) is 2. The fraction of sp³-hybridized carbons (Fsp3) is 0.588. The molecular formula is C17H25N3O2. The maximum absolute atomic E-state index is 12.2. The zero-order chi connectivity index (χ0) is 15.4. The van der Waals surface area contributed by atoms with Gasteiger partial charge < -0.3 is 15.4 Å². The molecule has 5 nitrogen and oxygen atoms in total. The monoisotopic (exact) mass is 303 g/mol. The molecule has 0 saturated carbocycles. The van der Waals surface area contributed by atoms with Gasteiger partial charge in [0.15, 0.2) is 0 Å². The zero-order valence-electron chi connectivity index (χ0n) is 13.2. The Morgan fingerprint density at radius 2 is 2.18 bits per heavy atom. The highest BCUT2D eigenvalue weighted by atomic mass is 16.5. The first-order valence-electron chi connectivity index (χ1n) is 8.06. The number of benzene rings is 1. The van der Waals surface area contributed by atoms with Crippen LogP contribution < -0.4 is 15.4 Å². The molecule has 2 saturated heterocycles. The summed E-state index contributed by atoms with van der Waals surface area (Å²) in [7, 11) is 1.63. The summed E-state index contributed by atoms with van der Waals surface area (Å²) in [6, 6.07) is 7.49. The Morgan fingerprint density at radius 3 is 2.95 bits per heavy atom. The summed E-state index contributed by atoms with van der Waals surface area (Å²) in [6.45, 7) is 4.80. The molecule has 2 aliphatic rings. The highest BCUT2D eigenvalue weighted by Gasteiger charge is 2.39. The van der Waals surface area contributed by atoms with Crippen LogP contribution in [0.2, 0.25) is 0 Å². The smallest absolute Gasteiger partial charge is 0.238 e. The lowest BCUT2D eigenvalue weighted by molar-refractivity contribution is -0.117. The van der Waals surface area contributed by atoms with Crippen LogP contribution in [-0.2, 0) is 4.79 Å². The second-order valence-electron chi connectivity index (χ2n) is 6.49. The molecule has 2 aliphatic heterocycles. The lowest BCUT2D eigenvalue weighted by Gasteiger charge is -2.33. The second-order valence-corrected chi connectivity index (χ2v) is 6.49. The minimum atomic E-state index is 0.0548. The summed E-state index contributed by atoms with van der Waals surface area (Å²) in [5.41, 5.74) is 1.24.